The van der Waals surface area contributed by atoms with Gasteiger partial charge in [0.25, 0.3) is 0 Å². The van der Waals surface area contributed by atoms with Crippen LogP contribution >= 0.6 is 0 Å². The highest BCUT2D eigenvalue weighted by Crippen LogP contribution is 2.11. The number of nitrogens with zero attached hydrogens (tertiary/aromatic N) is 2. The van der Waals surface area contributed by atoms with Gasteiger partial charge in [0.2, 0.25) is 0 Å². The molecule has 1 N–H and O–H groups in total. The number of hydrogen-bond acceptors (Lipinski definition) is 4. The van der Waals surface area contributed by atoms with Crippen molar-refractivity contribution in [3.63, 3.8) is 0 Å². The lowest BCUT2D eigenvalue weighted by molar-refractivity contribution is 0.112. The Kier molecular flexibility index (Phi) is 4.58. The molecule has 0 saturated carbocycles. The second-order valence-corrected chi connectivity index (χ2v) is 5.28. The van der Waals surface area contributed by atoms with Gasteiger partial charge in [0.15, 0.2) is 0 Å². The van der Waals surface area contributed by atoms with Crippen molar-refractivity contribution >= 4 is 0 Å². The van der Waals surface area contributed by atoms with Crippen molar-refractivity contribution in [1.82, 2.24) is 15.1 Å². The lowest BCUT2D eigenvalue weighted by Gasteiger charge is -2.38. The number of likely N-dealkylation sites (N-methyl/N-ethyl adjacent to an activating group) is 2. The van der Waals surface area contributed by atoms with E-state index >= 15 is 0 Å². The zero-order valence-electron chi connectivity index (χ0n) is 10.6. The topological polar surface area (TPSA) is 27.7 Å². The molecule has 4 nitrogen and oxygen atoms in total. The Morgan fingerprint density at radius 3 is 2.88 bits per heavy atom. The van der Waals surface area contributed by atoms with Crippen LogP contribution in [0.2, 0.25) is 0 Å². The predicted octanol–water partition coefficient (Wildman–Crippen LogP) is -0.142. The van der Waals surface area contributed by atoms with Gasteiger partial charge >= 0.3 is 0 Å². The van der Waals surface area contributed by atoms with Crippen LogP contribution in [0.4, 0.5) is 0 Å². The molecule has 2 fully saturated rings. The Hall–Kier alpha value is -0.160. The fraction of sp³-hybridized carbons (Fsp3) is 1.00. The SMILES string of the molecule is CN1CCN(C)C(CNCC2CCOC2)C1. The van der Waals surface area contributed by atoms with Crippen LogP contribution in [-0.4, -0.2) is 75.9 Å². The predicted molar refractivity (Wildman–Crippen MR) is 65.7 cm³/mol. The van der Waals surface area contributed by atoms with Crippen molar-refractivity contribution in [2.75, 3.05) is 60.0 Å². The van der Waals surface area contributed by atoms with Crippen LogP contribution in [0.25, 0.3) is 0 Å². The van der Waals surface area contributed by atoms with Gasteiger partial charge in [-0.25, -0.2) is 0 Å². The summed E-state index contributed by atoms with van der Waals surface area (Å²) in [6.45, 7) is 7.71. The molecule has 0 aromatic heterocycles. The van der Waals surface area contributed by atoms with E-state index in [9.17, 15) is 0 Å². The first-order valence-electron chi connectivity index (χ1n) is 6.43. The van der Waals surface area contributed by atoms with Gasteiger partial charge < -0.3 is 15.0 Å². The smallest absolute Gasteiger partial charge is 0.0507 e. The van der Waals surface area contributed by atoms with Gasteiger partial charge in [-0.3, -0.25) is 4.90 Å². The zero-order valence-corrected chi connectivity index (χ0v) is 10.6. The van der Waals surface area contributed by atoms with E-state index in [1.54, 1.807) is 0 Å². The van der Waals surface area contributed by atoms with E-state index in [4.69, 9.17) is 4.74 Å². The van der Waals surface area contributed by atoms with Crippen LogP contribution in [-0.2, 0) is 4.74 Å². The van der Waals surface area contributed by atoms with Crippen LogP contribution in [0, 0.1) is 5.92 Å². The molecule has 0 aliphatic carbocycles. The maximum atomic E-state index is 5.38. The van der Waals surface area contributed by atoms with Gasteiger partial charge in [0.05, 0.1) is 6.61 Å². The average molecular weight is 227 g/mol. The molecule has 16 heavy (non-hydrogen) atoms. The summed E-state index contributed by atoms with van der Waals surface area (Å²) in [5, 5.41) is 3.60. The fourth-order valence-electron chi connectivity index (χ4n) is 2.52. The normalized spacial score (nSPS) is 33.4. The molecule has 0 radical (unpaired) electrons. The second kappa shape index (κ2) is 5.96. The molecule has 2 rings (SSSR count). The highest BCUT2D eigenvalue weighted by atomic mass is 16.5. The molecule has 0 aromatic carbocycles. The third-order valence-corrected chi connectivity index (χ3v) is 3.82. The Balaban J connectivity index is 1.63. The summed E-state index contributed by atoms with van der Waals surface area (Å²) in [6, 6.07) is 0.668. The highest BCUT2D eigenvalue weighted by molar-refractivity contribution is 4.80. The number of nitrogens with one attached hydrogen (secondary N) is 1. The van der Waals surface area contributed by atoms with Crippen LogP contribution in [0.1, 0.15) is 6.42 Å². The molecule has 0 aromatic rings. The maximum absolute atomic E-state index is 5.38. The van der Waals surface area contributed by atoms with Gasteiger partial charge in [-0.05, 0) is 26.4 Å². The molecule has 2 saturated heterocycles. The fourth-order valence-corrected chi connectivity index (χ4v) is 2.52. The Bertz CT molecular complexity index is 206. The third-order valence-electron chi connectivity index (χ3n) is 3.82. The minimum atomic E-state index is 0.668. The van der Waals surface area contributed by atoms with Gasteiger partial charge in [-0.2, -0.15) is 0 Å². The molecule has 94 valence electrons. The van der Waals surface area contributed by atoms with Crippen molar-refractivity contribution in [1.29, 1.82) is 0 Å². The summed E-state index contributed by atoms with van der Waals surface area (Å²) in [5.41, 5.74) is 0. The number of hydrogen-bond donors (Lipinski definition) is 1. The van der Waals surface area contributed by atoms with Gasteiger partial charge in [-0.15, -0.1) is 0 Å². The molecule has 2 aliphatic heterocycles. The minimum Gasteiger partial charge on any atom is -0.381 e. The van der Waals surface area contributed by atoms with Gasteiger partial charge in [0.1, 0.15) is 0 Å². The van der Waals surface area contributed by atoms with E-state index in [1.165, 1.54) is 26.1 Å². The lowest BCUT2D eigenvalue weighted by Crippen LogP contribution is -2.54. The molecule has 2 heterocycles. The Morgan fingerprint density at radius 1 is 1.25 bits per heavy atom. The van der Waals surface area contributed by atoms with Gasteiger partial charge in [0, 0.05) is 45.4 Å². The zero-order chi connectivity index (χ0) is 11.4. The standard InChI is InChI=1S/C12H25N3O/c1-14-4-5-15(2)12(9-14)8-13-7-11-3-6-16-10-11/h11-13H,3-10H2,1-2H3. The third kappa shape index (κ3) is 3.42. The highest BCUT2D eigenvalue weighted by Gasteiger charge is 2.22. The van der Waals surface area contributed by atoms with Crippen molar-refractivity contribution < 1.29 is 4.74 Å². The molecule has 2 unspecified atom stereocenters. The lowest BCUT2D eigenvalue weighted by atomic mass is 10.1. The molecular weight excluding hydrogens is 202 g/mol. The van der Waals surface area contributed by atoms with E-state index in [1.807, 2.05) is 0 Å². The molecule has 4 heteroatoms. The second-order valence-electron chi connectivity index (χ2n) is 5.28. The molecule has 0 spiro atoms. The van der Waals surface area contributed by atoms with Crippen molar-refractivity contribution in [3.8, 4) is 0 Å². The van der Waals surface area contributed by atoms with E-state index in [0.29, 0.717) is 6.04 Å². The van der Waals surface area contributed by atoms with E-state index in [-0.39, 0.29) is 0 Å². The Labute approximate surface area is 98.9 Å². The van der Waals surface area contributed by atoms with E-state index in [2.05, 4.69) is 29.2 Å². The maximum Gasteiger partial charge on any atom is 0.0507 e. The number of piperazine rings is 1. The van der Waals surface area contributed by atoms with Crippen LogP contribution in [0.3, 0.4) is 0 Å². The quantitative estimate of drug-likeness (QED) is 0.723. The van der Waals surface area contributed by atoms with Crippen molar-refractivity contribution in [2.45, 2.75) is 12.5 Å². The Morgan fingerprint density at radius 2 is 2.12 bits per heavy atom. The van der Waals surface area contributed by atoms with E-state index in [0.717, 1.165) is 32.2 Å². The minimum absolute atomic E-state index is 0.668. The summed E-state index contributed by atoms with van der Waals surface area (Å²) in [6.07, 6.45) is 1.23. The summed E-state index contributed by atoms with van der Waals surface area (Å²) >= 11 is 0. The molecular formula is C12H25N3O. The van der Waals surface area contributed by atoms with Crippen LogP contribution in [0.15, 0.2) is 0 Å². The van der Waals surface area contributed by atoms with Crippen LogP contribution < -0.4 is 5.32 Å². The summed E-state index contributed by atoms with van der Waals surface area (Å²) < 4.78 is 5.38. The van der Waals surface area contributed by atoms with E-state index < -0.39 is 0 Å². The average Bonchev–Trinajstić information content (AvgIpc) is 2.76. The largest absolute Gasteiger partial charge is 0.381 e. The summed E-state index contributed by atoms with van der Waals surface area (Å²) in [5.74, 6) is 0.742. The van der Waals surface area contributed by atoms with Crippen LogP contribution in [0.5, 0.6) is 0 Å². The molecule has 2 aliphatic rings. The number of rotatable bonds is 4. The molecule has 0 bridgehead atoms. The first kappa shape index (κ1) is 12.3. The summed E-state index contributed by atoms with van der Waals surface area (Å²) in [7, 11) is 4.45. The number of ether oxygens (including phenoxy) is 1. The molecule has 2 atom stereocenters. The first-order valence-corrected chi connectivity index (χ1v) is 6.43. The summed E-state index contributed by atoms with van der Waals surface area (Å²) in [4.78, 5) is 4.89. The first-order chi connectivity index (χ1) is 7.75. The van der Waals surface area contributed by atoms with Crippen molar-refractivity contribution in [2.24, 2.45) is 5.92 Å². The molecule has 0 amide bonds. The monoisotopic (exact) mass is 227 g/mol. The van der Waals surface area contributed by atoms with Gasteiger partial charge in [-0.1, -0.05) is 0 Å². The van der Waals surface area contributed by atoms with Crippen molar-refractivity contribution in [3.05, 3.63) is 0 Å².